The van der Waals surface area contributed by atoms with Crippen LogP contribution in [-0.4, -0.2) is 59.7 Å². The molecule has 2 N–H and O–H groups in total. The Labute approximate surface area is 89.9 Å². The van der Waals surface area contributed by atoms with Gasteiger partial charge in [-0.05, 0) is 0 Å². The van der Waals surface area contributed by atoms with Crippen molar-refractivity contribution in [3.63, 3.8) is 0 Å². The molecule has 0 aliphatic carbocycles. The molecule has 1 atom stereocenters. The van der Waals surface area contributed by atoms with Gasteiger partial charge in [-0.2, -0.15) is 0 Å². The van der Waals surface area contributed by atoms with E-state index in [-0.39, 0.29) is 13.0 Å². The number of aliphatic carboxylic acids is 1. The summed E-state index contributed by atoms with van der Waals surface area (Å²) in [6.07, 6.45) is -0.390. The van der Waals surface area contributed by atoms with Gasteiger partial charge in [0.15, 0.2) is 11.4 Å². The van der Waals surface area contributed by atoms with E-state index >= 15 is 0 Å². The number of ketones is 1. The maximum Gasteiger partial charge on any atom is 0.306 e. The Morgan fingerprint density at radius 1 is 1.27 bits per heavy atom. The van der Waals surface area contributed by atoms with E-state index in [2.05, 4.69) is 0 Å². The molecule has 0 saturated carbocycles. The van der Waals surface area contributed by atoms with Crippen molar-refractivity contribution in [2.45, 2.75) is 25.4 Å². The van der Waals surface area contributed by atoms with Crippen LogP contribution in [0.4, 0.5) is 0 Å². The highest BCUT2D eigenvalue weighted by atomic mass is 16.4. The summed E-state index contributed by atoms with van der Waals surface area (Å²) in [6.45, 7) is 1.72. The van der Waals surface area contributed by atoms with Crippen LogP contribution in [0.3, 0.4) is 0 Å². The minimum atomic E-state index is -1.75. The summed E-state index contributed by atoms with van der Waals surface area (Å²) in [5.41, 5.74) is -1.75. The molecule has 0 bridgehead atoms. The second kappa shape index (κ2) is 4.72. The van der Waals surface area contributed by atoms with Crippen molar-refractivity contribution in [3.05, 3.63) is 0 Å². The van der Waals surface area contributed by atoms with Gasteiger partial charge in [-0.1, -0.05) is 6.92 Å². The van der Waals surface area contributed by atoms with Gasteiger partial charge in [0.25, 0.3) is 0 Å². The van der Waals surface area contributed by atoms with E-state index < -0.39 is 23.8 Å². The molecule has 0 aliphatic rings. The summed E-state index contributed by atoms with van der Waals surface area (Å²) < 4.78 is 0.343. The summed E-state index contributed by atoms with van der Waals surface area (Å²) in [7, 11) is 5.40. The number of rotatable bonds is 6. The number of aliphatic hydroxyl groups is 1. The van der Waals surface area contributed by atoms with Gasteiger partial charge < -0.3 is 14.7 Å². The molecule has 0 aromatic carbocycles. The number of likely N-dealkylation sites (N-methyl/N-ethyl adjacent to an activating group) is 1. The van der Waals surface area contributed by atoms with E-state index in [4.69, 9.17) is 5.11 Å². The van der Waals surface area contributed by atoms with Gasteiger partial charge in [0, 0.05) is 6.42 Å². The number of Topliss-reactive ketones (excluding diaryl/α,β-unsaturated/α-hetero) is 1. The van der Waals surface area contributed by atoms with Gasteiger partial charge in [-0.15, -0.1) is 0 Å². The first-order valence-electron chi connectivity index (χ1n) is 4.88. The molecule has 0 fully saturated rings. The third kappa shape index (κ3) is 4.90. The summed E-state index contributed by atoms with van der Waals surface area (Å²) in [5.74, 6) is -1.58. The summed E-state index contributed by atoms with van der Waals surface area (Å²) >= 11 is 0. The summed E-state index contributed by atoms with van der Waals surface area (Å²) in [4.78, 5) is 22.1. The standard InChI is InChI=1S/C10H19NO4/c1-5-8(12)10(15,6-9(13)14)7-11(2,3)4/h15H,5-7H2,1-4H3/p+1/t10-/m1/s1. The second-order valence-electron chi connectivity index (χ2n) is 4.83. The van der Waals surface area contributed by atoms with E-state index in [1.807, 2.05) is 0 Å². The number of carbonyl (C=O) groups is 2. The molecular formula is C10H20NO4+. The van der Waals surface area contributed by atoms with Crippen LogP contribution < -0.4 is 0 Å². The van der Waals surface area contributed by atoms with E-state index in [1.54, 1.807) is 28.1 Å². The highest BCUT2D eigenvalue weighted by Crippen LogP contribution is 2.17. The van der Waals surface area contributed by atoms with Crippen molar-refractivity contribution < 1.29 is 24.3 Å². The van der Waals surface area contributed by atoms with Crippen LogP contribution in [0.25, 0.3) is 0 Å². The summed E-state index contributed by atoms with van der Waals surface area (Å²) in [5, 5.41) is 18.7. The maximum absolute atomic E-state index is 11.5. The number of carbonyl (C=O) groups excluding carboxylic acids is 1. The average molecular weight is 218 g/mol. The van der Waals surface area contributed by atoms with Gasteiger partial charge in [-0.3, -0.25) is 9.59 Å². The Balaban J connectivity index is 4.86. The largest absolute Gasteiger partial charge is 0.481 e. The van der Waals surface area contributed by atoms with Crippen molar-refractivity contribution in [2.24, 2.45) is 0 Å². The predicted molar refractivity (Wildman–Crippen MR) is 55.4 cm³/mol. The zero-order valence-corrected chi connectivity index (χ0v) is 9.78. The fourth-order valence-corrected chi connectivity index (χ4v) is 1.61. The normalized spacial score (nSPS) is 15.8. The van der Waals surface area contributed by atoms with Crippen molar-refractivity contribution >= 4 is 11.8 Å². The Bertz CT molecular complexity index is 257. The highest BCUT2D eigenvalue weighted by Gasteiger charge is 2.41. The Kier molecular flexibility index (Phi) is 4.42. The molecule has 0 unspecified atom stereocenters. The zero-order chi connectivity index (χ0) is 12.3. The van der Waals surface area contributed by atoms with Crippen LogP contribution in [0, 0.1) is 0 Å². The van der Waals surface area contributed by atoms with Crippen LogP contribution in [0.5, 0.6) is 0 Å². The molecule has 5 nitrogen and oxygen atoms in total. The molecule has 0 aromatic heterocycles. The van der Waals surface area contributed by atoms with Crippen molar-refractivity contribution in [1.29, 1.82) is 0 Å². The zero-order valence-electron chi connectivity index (χ0n) is 9.78. The Hall–Kier alpha value is -0.940. The first-order chi connectivity index (χ1) is 6.60. The van der Waals surface area contributed by atoms with E-state index in [1.165, 1.54) is 0 Å². The Morgan fingerprint density at radius 3 is 2.00 bits per heavy atom. The number of carboxylic acid groups (broad SMARTS) is 1. The van der Waals surface area contributed by atoms with Crippen LogP contribution >= 0.6 is 0 Å². The molecule has 88 valence electrons. The van der Waals surface area contributed by atoms with Gasteiger partial charge in [-0.25, -0.2) is 0 Å². The molecule has 0 aromatic rings. The van der Waals surface area contributed by atoms with Crippen molar-refractivity contribution in [3.8, 4) is 0 Å². The number of nitrogens with zero attached hydrogens (tertiary/aromatic N) is 1. The van der Waals surface area contributed by atoms with E-state index in [0.29, 0.717) is 4.48 Å². The number of hydrogen-bond acceptors (Lipinski definition) is 3. The molecule has 15 heavy (non-hydrogen) atoms. The predicted octanol–water partition coefficient (Wildman–Crippen LogP) is -0.122. The SMILES string of the molecule is CCC(=O)[C@@](O)(CC(=O)O)C[N+](C)(C)C. The fourth-order valence-electron chi connectivity index (χ4n) is 1.61. The lowest BCUT2D eigenvalue weighted by molar-refractivity contribution is -0.875. The molecular weight excluding hydrogens is 198 g/mol. The molecule has 5 heteroatoms. The molecule has 0 spiro atoms. The van der Waals surface area contributed by atoms with Crippen molar-refractivity contribution in [1.82, 2.24) is 0 Å². The lowest BCUT2D eigenvalue weighted by atomic mass is 9.91. The van der Waals surface area contributed by atoms with E-state index in [0.717, 1.165) is 0 Å². The number of quaternary nitrogens is 1. The fraction of sp³-hybridized carbons (Fsp3) is 0.800. The van der Waals surface area contributed by atoms with Gasteiger partial charge in [0.05, 0.1) is 27.6 Å². The first-order valence-corrected chi connectivity index (χ1v) is 4.88. The van der Waals surface area contributed by atoms with Gasteiger partial charge >= 0.3 is 5.97 Å². The molecule has 0 rings (SSSR count). The third-order valence-electron chi connectivity index (χ3n) is 2.02. The molecule has 0 radical (unpaired) electrons. The van der Waals surface area contributed by atoms with Crippen molar-refractivity contribution in [2.75, 3.05) is 27.7 Å². The number of hydrogen-bond donors (Lipinski definition) is 2. The number of carboxylic acids is 1. The van der Waals surface area contributed by atoms with Crippen LogP contribution in [0.15, 0.2) is 0 Å². The molecule has 0 saturated heterocycles. The third-order valence-corrected chi connectivity index (χ3v) is 2.02. The van der Waals surface area contributed by atoms with Crippen LogP contribution in [0.2, 0.25) is 0 Å². The minimum Gasteiger partial charge on any atom is -0.481 e. The van der Waals surface area contributed by atoms with E-state index in [9.17, 15) is 14.7 Å². The average Bonchev–Trinajstić information content (AvgIpc) is 1.97. The maximum atomic E-state index is 11.5. The lowest BCUT2D eigenvalue weighted by Crippen LogP contribution is -2.54. The van der Waals surface area contributed by atoms with Crippen LogP contribution in [-0.2, 0) is 9.59 Å². The second-order valence-corrected chi connectivity index (χ2v) is 4.83. The lowest BCUT2D eigenvalue weighted by Gasteiger charge is -2.33. The minimum absolute atomic E-state index is 0.103. The molecule has 0 heterocycles. The molecule has 0 aliphatic heterocycles. The van der Waals surface area contributed by atoms with Gasteiger partial charge in [0.2, 0.25) is 0 Å². The first kappa shape index (κ1) is 14.1. The Morgan fingerprint density at radius 2 is 1.73 bits per heavy atom. The van der Waals surface area contributed by atoms with Gasteiger partial charge in [0.1, 0.15) is 6.54 Å². The topological polar surface area (TPSA) is 74.6 Å². The monoisotopic (exact) mass is 218 g/mol. The summed E-state index contributed by atoms with van der Waals surface area (Å²) in [6, 6.07) is 0. The smallest absolute Gasteiger partial charge is 0.306 e. The quantitative estimate of drug-likeness (QED) is 0.609. The highest BCUT2D eigenvalue weighted by molar-refractivity contribution is 5.90. The van der Waals surface area contributed by atoms with Crippen LogP contribution in [0.1, 0.15) is 19.8 Å². The molecule has 0 amide bonds.